The summed E-state index contributed by atoms with van der Waals surface area (Å²) in [5, 5.41) is 3.91. The highest BCUT2D eigenvalue weighted by atomic mass is 16.5. The van der Waals surface area contributed by atoms with E-state index in [0.717, 1.165) is 50.9 Å². The molecule has 3 N–H and O–H groups in total. The lowest BCUT2D eigenvalue weighted by Gasteiger charge is -2.38. The van der Waals surface area contributed by atoms with E-state index in [9.17, 15) is 14.4 Å². The lowest BCUT2D eigenvalue weighted by molar-refractivity contribution is -0.141. The van der Waals surface area contributed by atoms with Crippen molar-refractivity contribution in [3.8, 4) is 16.9 Å². The molecule has 0 saturated heterocycles. The first-order valence-electron chi connectivity index (χ1n) is 14.9. The first-order valence-corrected chi connectivity index (χ1v) is 14.9. The summed E-state index contributed by atoms with van der Waals surface area (Å²) in [5.41, 5.74) is 13.7. The molecular weight excluding hydrogens is 570 g/mol. The van der Waals surface area contributed by atoms with Crippen molar-refractivity contribution in [1.82, 2.24) is 14.7 Å². The van der Waals surface area contributed by atoms with E-state index >= 15 is 0 Å². The Morgan fingerprint density at radius 1 is 1.09 bits per heavy atom. The fraction of sp³-hybridized carbons (Fsp3) is 0.286. The van der Waals surface area contributed by atoms with Gasteiger partial charge in [0.2, 0.25) is 12.3 Å². The maximum absolute atomic E-state index is 14.0. The Labute approximate surface area is 262 Å². The first-order chi connectivity index (χ1) is 21.7. The lowest BCUT2D eigenvalue weighted by Crippen LogP contribution is -2.52. The molecule has 10 heteroatoms. The van der Waals surface area contributed by atoms with Gasteiger partial charge in [-0.05, 0) is 65.1 Å². The highest BCUT2D eigenvalue weighted by molar-refractivity contribution is 6.02. The van der Waals surface area contributed by atoms with Gasteiger partial charge in [0.1, 0.15) is 17.4 Å². The highest BCUT2D eigenvalue weighted by Gasteiger charge is 2.35. The smallest absolute Gasteiger partial charge is 0.289 e. The minimum Gasteiger partial charge on any atom is -0.496 e. The normalized spacial score (nSPS) is 16.2. The largest absolute Gasteiger partial charge is 0.496 e. The minimum absolute atomic E-state index is 0.102. The quantitative estimate of drug-likeness (QED) is 0.232. The number of carbonyl (C=O) groups is 3. The number of hydrogen-bond acceptors (Lipinski definition) is 7. The van der Waals surface area contributed by atoms with E-state index in [0.29, 0.717) is 49.5 Å². The molecule has 6 rings (SSSR count). The third-order valence-corrected chi connectivity index (χ3v) is 8.73. The zero-order valence-corrected chi connectivity index (χ0v) is 25.9. The second-order valence-corrected chi connectivity index (χ2v) is 11.7. The van der Waals surface area contributed by atoms with Crippen LogP contribution >= 0.6 is 0 Å². The Balaban J connectivity index is 1.38. The third kappa shape index (κ3) is 5.48. The summed E-state index contributed by atoms with van der Waals surface area (Å²) in [6, 6.07) is 16.7. The number of nitrogens with zero attached hydrogens (tertiary/aromatic N) is 3. The van der Waals surface area contributed by atoms with Crippen LogP contribution in [0, 0.1) is 0 Å². The van der Waals surface area contributed by atoms with Crippen LogP contribution in [-0.2, 0) is 22.6 Å². The number of amides is 3. The summed E-state index contributed by atoms with van der Waals surface area (Å²) in [6.07, 6.45) is 3.95. The van der Waals surface area contributed by atoms with Crippen molar-refractivity contribution in [2.75, 3.05) is 52.4 Å². The van der Waals surface area contributed by atoms with Crippen molar-refractivity contribution in [3.05, 3.63) is 83.1 Å². The van der Waals surface area contributed by atoms with E-state index in [1.807, 2.05) is 60.5 Å². The van der Waals surface area contributed by atoms with E-state index in [1.165, 1.54) is 4.90 Å². The Hall–Kier alpha value is -5.25. The zero-order chi connectivity index (χ0) is 31.8. The predicted octanol–water partition coefficient (Wildman–Crippen LogP) is 4.63. The molecular formula is C35H37N5O5. The monoisotopic (exact) mass is 607 g/mol. The van der Waals surface area contributed by atoms with Crippen molar-refractivity contribution in [2.24, 2.45) is 0 Å². The summed E-state index contributed by atoms with van der Waals surface area (Å²) in [7, 11) is 6.84. The second kappa shape index (κ2) is 12.0. The summed E-state index contributed by atoms with van der Waals surface area (Å²) < 4.78 is 12.0. The van der Waals surface area contributed by atoms with Gasteiger partial charge in [0.05, 0.1) is 7.11 Å². The minimum atomic E-state index is -0.625. The maximum atomic E-state index is 14.0. The molecule has 1 atom stereocenters. The zero-order valence-electron chi connectivity index (χ0n) is 25.9. The number of furan rings is 1. The van der Waals surface area contributed by atoms with Crippen molar-refractivity contribution >= 4 is 46.1 Å². The fourth-order valence-corrected chi connectivity index (χ4v) is 6.29. The molecule has 10 nitrogen and oxygen atoms in total. The average molecular weight is 608 g/mol. The molecule has 45 heavy (non-hydrogen) atoms. The van der Waals surface area contributed by atoms with E-state index in [2.05, 4.69) is 11.4 Å². The molecule has 0 aliphatic carbocycles. The van der Waals surface area contributed by atoms with Crippen molar-refractivity contribution in [1.29, 1.82) is 0 Å². The van der Waals surface area contributed by atoms with Crippen LogP contribution in [0.15, 0.2) is 65.1 Å². The molecule has 1 unspecified atom stereocenters. The lowest BCUT2D eigenvalue weighted by atomic mass is 9.91. The molecule has 3 heterocycles. The number of carbonyl (C=O) groups excluding carboxylic acids is 3. The van der Waals surface area contributed by atoms with Gasteiger partial charge in [0.15, 0.2) is 5.76 Å². The van der Waals surface area contributed by atoms with Crippen LogP contribution in [0.1, 0.15) is 33.7 Å². The topological polar surface area (TPSA) is 121 Å². The number of benzene rings is 3. The van der Waals surface area contributed by atoms with Gasteiger partial charge in [0.25, 0.3) is 5.91 Å². The molecule has 1 aromatic heterocycles. The van der Waals surface area contributed by atoms with Gasteiger partial charge in [0, 0.05) is 81.2 Å². The fourth-order valence-electron chi connectivity index (χ4n) is 6.29. The highest BCUT2D eigenvalue weighted by Crippen LogP contribution is 2.40. The Morgan fingerprint density at radius 2 is 1.91 bits per heavy atom. The van der Waals surface area contributed by atoms with Gasteiger partial charge < -0.3 is 34.9 Å². The van der Waals surface area contributed by atoms with Crippen molar-refractivity contribution in [3.63, 3.8) is 0 Å². The van der Waals surface area contributed by atoms with Gasteiger partial charge in [-0.3, -0.25) is 14.4 Å². The standard InChI is InChI=1S/C35H37N5O5/c1-37-25-10-11-26(31(16-25)44-4)28-14-23(13-24-15-32(45-33(24)28)35(43)38(2)3)21-8-6-12-39(18-21)34(42)30-17-27-22(19-40(30)20-41)7-5-9-29(27)36/h5,7-11,13-16,20,30,37H,6,12,17-19,36H2,1-4H3. The number of fused-ring (bicyclic) bond motifs is 2. The van der Waals surface area contributed by atoms with Crippen molar-refractivity contribution < 1.29 is 23.5 Å². The van der Waals surface area contributed by atoms with Gasteiger partial charge in [-0.15, -0.1) is 0 Å². The number of nitrogen functional groups attached to an aromatic ring is 1. The molecule has 232 valence electrons. The number of ether oxygens (including phenoxy) is 1. The molecule has 4 aromatic rings. The van der Waals surface area contributed by atoms with Crippen LogP contribution < -0.4 is 15.8 Å². The van der Waals surface area contributed by atoms with Crippen LogP contribution in [-0.4, -0.2) is 80.3 Å². The molecule has 3 amide bonds. The van der Waals surface area contributed by atoms with Crippen LogP contribution in [0.4, 0.5) is 11.4 Å². The molecule has 0 saturated carbocycles. The molecule has 0 radical (unpaired) electrons. The summed E-state index contributed by atoms with van der Waals surface area (Å²) in [6.45, 7) is 1.27. The second-order valence-electron chi connectivity index (χ2n) is 11.7. The maximum Gasteiger partial charge on any atom is 0.289 e. The predicted molar refractivity (Wildman–Crippen MR) is 175 cm³/mol. The summed E-state index contributed by atoms with van der Waals surface area (Å²) in [5.74, 6) is 0.547. The van der Waals surface area contributed by atoms with Crippen LogP contribution in [0.5, 0.6) is 5.75 Å². The third-order valence-electron chi connectivity index (χ3n) is 8.73. The molecule has 0 spiro atoms. The first kappa shape index (κ1) is 29.8. The van der Waals surface area contributed by atoms with Crippen molar-refractivity contribution in [2.45, 2.75) is 25.4 Å². The Morgan fingerprint density at radius 3 is 2.64 bits per heavy atom. The van der Waals surface area contributed by atoms with E-state index in [1.54, 1.807) is 32.2 Å². The van der Waals surface area contributed by atoms with Crippen LogP contribution in [0.25, 0.3) is 27.7 Å². The summed E-state index contributed by atoms with van der Waals surface area (Å²) in [4.78, 5) is 43.8. The number of rotatable bonds is 7. The SMILES string of the molecule is CNc1ccc(-c2cc(C3=CCCN(C(=O)C4Cc5c(N)cccc5CN4C=O)C3)cc3cc(C(=O)N(C)C)oc23)c(OC)c1. The van der Waals surface area contributed by atoms with E-state index in [4.69, 9.17) is 14.9 Å². The van der Waals surface area contributed by atoms with Gasteiger partial charge >= 0.3 is 0 Å². The number of anilines is 2. The number of hydrogen-bond donors (Lipinski definition) is 2. The Bertz CT molecular complexity index is 1840. The van der Waals surface area contributed by atoms with Crippen LogP contribution in [0.3, 0.4) is 0 Å². The Kier molecular flexibility index (Phi) is 7.97. The molecule has 2 aliphatic rings. The van der Waals surface area contributed by atoms with E-state index < -0.39 is 6.04 Å². The van der Waals surface area contributed by atoms with Crippen LogP contribution in [0.2, 0.25) is 0 Å². The van der Waals surface area contributed by atoms with Gasteiger partial charge in [-0.1, -0.05) is 18.2 Å². The average Bonchev–Trinajstić information content (AvgIpc) is 3.51. The molecule has 0 bridgehead atoms. The van der Waals surface area contributed by atoms with E-state index in [-0.39, 0.29) is 17.6 Å². The number of nitrogens with one attached hydrogen (secondary N) is 1. The molecule has 2 aliphatic heterocycles. The molecule has 0 fully saturated rings. The van der Waals surface area contributed by atoms with Gasteiger partial charge in [-0.2, -0.15) is 0 Å². The molecule has 3 aromatic carbocycles. The number of nitrogens with two attached hydrogens (primary N) is 1. The van der Waals surface area contributed by atoms with Gasteiger partial charge in [-0.25, -0.2) is 0 Å². The summed E-state index contributed by atoms with van der Waals surface area (Å²) >= 11 is 0. The number of methoxy groups -OCH3 is 1.